The van der Waals surface area contributed by atoms with E-state index < -0.39 is 9.84 Å². The molecule has 1 aliphatic heterocycles. The third-order valence-corrected chi connectivity index (χ3v) is 18.3. The molecule has 5 heteroatoms. The molecular weight excluding hydrogens is 807 g/mol. The van der Waals surface area contributed by atoms with Gasteiger partial charge in [-0.05, 0) is 155 Å². The van der Waals surface area contributed by atoms with Gasteiger partial charge in [0.2, 0.25) is 9.84 Å². The highest BCUT2D eigenvalue weighted by Crippen LogP contribution is 2.68. The van der Waals surface area contributed by atoms with Crippen molar-refractivity contribution < 1.29 is 8.42 Å². The fourth-order valence-electron chi connectivity index (χ4n) is 12.8. The molecule has 9 aromatic rings. The molecule has 1 aromatic heterocycles. The molecule has 4 aliphatic carbocycles. The SMILES string of the molecule is O=S1(=O)c2ccccc2C2(c3ccc(N(c4ccc(-c5ccc(-c6ccccc6)cc5)cc4)c4ccc(-c5ccc6c(c5)sc5ccccc56)cc4)cc31)C1CC3CC(C1)CC2C3. The van der Waals surface area contributed by atoms with Crippen molar-refractivity contribution >= 4 is 58.4 Å². The standard InChI is InChI=1S/C58H45NO2S2/c60-63(61)56-13-7-5-11-52(56)58(45-31-37-30-38(33-45)34-46(58)32-37)53-29-27-49(36-57(53)63)59(47-23-18-42(19-24-47)41-16-14-40(15-17-41)39-8-2-1-3-9-39)48-25-20-43(21-26-48)44-22-28-51-50-10-4-6-12-54(50)62-55(51)35-44/h1-29,35-38,45-46H,30-34H2. The van der Waals surface area contributed by atoms with Crippen molar-refractivity contribution in [3.63, 3.8) is 0 Å². The molecule has 306 valence electrons. The summed E-state index contributed by atoms with van der Waals surface area (Å²) in [5.74, 6) is 2.45. The van der Waals surface area contributed by atoms with Gasteiger partial charge in [-0.25, -0.2) is 8.42 Å². The Hall–Kier alpha value is -6.27. The van der Waals surface area contributed by atoms with Crippen LogP contribution in [0.2, 0.25) is 0 Å². The van der Waals surface area contributed by atoms with E-state index in [2.05, 4.69) is 169 Å². The average Bonchev–Trinajstić information content (AvgIpc) is 3.70. The monoisotopic (exact) mass is 851 g/mol. The van der Waals surface area contributed by atoms with E-state index in [1.54, 1.807) is 0 Å². The minimum absolute atomic E-state index is 0.275. The van der Waals surface area contributed by atoms with Crippen molar-refractivity contribution in [3.8, 4) is 33.4 Å². The molecule has 4 bridgehead atoms. The van der Waals surface area contributed by atoms with Gasteiger partial charge in [0.05, 0.1) is 9.79 Å². The van der Waals surface area contributed by atoms with Gasteiger partial charge in [0.1, 0.15) is 0 Å². The molecule has 3 nitrogen and oxygen atoms in total. The van der Waals surface area contributed by atoms with Gasteiger partial charge < -0.3 is 4.90 Å². The lowest BCUT2D eigenvalue weighted by Crippen LogP contribution is -2.57. The van der Waals surface area contributed by atoms with E-state index in [1.165, 1.54) is 69.0 Å². The van der Waals surface area contributed by atoms with Crippen LogP contribution in [0.1, 0.15) is 43.2 Å². The van der Waals surface area contributed by atoms with Gasteiger partial charge in [-0.3, -0.25) is 0 Å². The summed E-state index contributed by atoms with van der Waals surface area (Å²) in [6.45, 7) is 0. The van der Waals surface area contributed by atoms with Crippen LogP contribution in [0, 0.1) is 23.7 Å². The van der Waals surface area contributed by atoms with Crippen LogP contribution in [0.4, 0.5) is 17.1 Å². The summed E-state index contributed by atoms with van der Waals surface area (Å²) < 4.78 is 32.6. The number of thiophene rings is 1. The number of hydrogen-bond donors (Lipinski definition) is 0. The van der Waals surface area contributed by atoms with Crippen LogP contribution in [0.5, 0.6) is 0 Å². The highest BCUT2D eigenvalue weighted by Gasteiger charge is 2.62. The van der Waals surface area contributed by atoms with Gasteiger partial charge in [-0.1, -0.05) is 133 Å². The van der Waals surface area contributed by atoms with E-state index >= 15 is 8.42 Å². The van der Waals surface area contributed by atoms with Crippen LogP contribution in [-0.4, -0.2) is 8.42 Å². The van der Waals surface area contributed by atoms with Gasteiger partial charge in [0.25, 0.3) is 0 Å². The Morgan fingerprint density at radius 1 is 0.413 bits per heavy atom. The number of rotatable bonds is 6. The number of anilines is 3. The fourth-order valence-corrected chi connectivity index (χ4v) is 15.7. The van der Waals surface area contributed by atoms with E-state index in [0.29, 0.717) is 21.6 Å². The van der Waals surface area contributed by atoms with Crippen molar-refractivity contribution in [3.05, 3.63) is 199 Å². The zero-order chi connectivity index (χ0) is 41.9. The second-order valence-corrected chi connectivity index (χ2v) is 21.5. The van der Waals surface area contributed by atoms with Gasteiger partial charge in [-0.2, -0.15) is 0 Å². The first kappa shape index (κ1) is 37.3. The Bertz CT molecular complexity index is 3320. The van der Waals surface area contributed by atoms with Crippen LogP contribution >= 0.6 is 11.3 Å². The fraction of sp³-hybridized carbons (Fsp3) is 0.172. The second-order valence-electron chi connectivity index (χ2n) is 18.5. The molecule has 5 aliphatic rings. The quantitative estimate of drug-likeness (QED) is 0.167. The molecule has 14 rings (SSSR count). The molecule has 0 atom stereocenters. The number of sulfone groups is 1. The van der Waals surface area contributed by atoms with Crippen molar-refractivity contribution in [1.82, 2.24) is 0 Å². The van der Waals surface area contributed by atoms with Crippen LogP contribution in [0.3, 0.4) is 0 Å². The molecular formula is C58H45NO2S2. The first-order valence-corrected chi connectivity index (χ1v) is 24.8. The smallest absolute Gasteiger partial charge is 0.207 e. The van der Waals surface area contributed by atoms with Gasteiger partial charge in [0, 0.05) is 42.6 Å². The lowest BCUT2D eigenvalue weighted by Gasteiger charge is -2.63. The van der Waals surface area contributed by atoms with Crippen LogP contribution in [0.15, 0.2) is 198 Å². The highest BCUT2D eigenvalue weighted by atomic mass is 32.2. The van der Waals surface area contributed by atoms with Crippen molar-refractivity contribution in [2.75, 3.05) is 4.90 Å². The summed E-state index contributed by atoms with van der Waals surface area (Å²) >= 11 is 1.84. The molecule has 1 spiro atoms. The maximum atomic E-state index is 15.0. The Labute approximate surface area is 373 Å². The predicted molar refractivity (Wildman–Crippen MR) is 260 cm³/mol. The summed E-state index contributed by atoms with van der Waals surface area (Å²) in [6, 6.07) is 66.6. The van der Waals surface area contributed by atoms with Crippen LogP contribution < -0.4 is 4.90 Å². The van der Waals surface area contributed by atoms with Crippen molar-refractivity contribution in [2.45, 2.75) is 47.3 Å². The molecule has 0 N–H and O–H groups in total. The summed E-state index contributed by atoms with van der Waals surface area (Å²) in [6.07, 6.45) is 6.12. The summed E-state index contributed by atoms with van der Waals surface area (Å²) in [5, 5.41) is 2.59. The summed E-state index contributed by atoms with van der Waals surface area (Å²) in [7, 11) is -3.79. The molecule has 2 heterocycles. The minimum atomic E-state index is -3.79. The largest absolute Gasteiger partial charge is 0.310 e. The number of hydrogen-bond acceptors (Lipinski definition) is 4. The second kappa shape index (κ2) is 14.1. The molecule has 0 amide bonds. The minimum Gasteiger partial charge on any atom is -0.310 e. The Morgan fingerprint density at radius 2 is 0.905 bits per heavy atom. The van der Waals surface area contributed by atoms with Gasteiger partial charge >= 0.3 is 0 Å². The van der Waals surface area contributed by atoms with E-state index in [-0.39, 0.29) is 5.41 Å². The van der Waals surface area contributed by atoms with Crippen LogP contribution in [-0.2, 0) is 15.3 Å². The predicted octanol–water partition coefficient (Wildman–Crippen LogP) is 15.4. The molecule has 4 fully saturated rings. The highest BCUT2D eigenvalue weighted by molar-refractivity contribution is 7.91. The van der Waals surface area contributed by atoms with E-state index in [9.17, 15) is 0 Å². The molecule has 0 saturated heterocycles. The van der Waals surface area contributed by atoms with E-state index in [0.717, 1.165) is 56.7 Å². The van der Waals surface area contributed by atoms with Crippen molar-refractivity contribution in [1.29, 1.82) is 0 Å². The van der Waals surface area contributed by atoms with Gasteiger partial charge in [-0.15, -0.1) is 11.3 Å². The first-order chi connectivity index (χ1) is 30.9. The molecule has 4 saturated carbocycles. The normalized spacial score (nSPS) is 22.6. The molecule has 8 aromatic carbocycles. The molecule has 0 unspecified atom stereocenters. The van der Waals surface area contributed by atoms with E-state index in [1.807, 2.05) is 35.6 Å². The van der Waals surface area contributed by atoms with Crippen molar-refractivity contribution in [2.24, 2.45) is 23.7 Å². The Kier molecular flexibility index (Phi) is 8.36. The third kappa shape index (κ3) is 5.72. The zero-order valence-corrected chi connectivity index (χ0v) is 36.5. The molecule has 0 radical (unpaired) electrons. The average molecular weight is 852 g/mol. The first-order valence-electron chi connectivity index (χ1n) is 22.5. The summed E-state index contributed by atoms with van der Waals surface area (Å²) in [5.41, 5.74) is 11.6. The van der Waals surface area contributed by atoms with Gasteiger partial charge in [0.15, 0.2) is 0 Å². The maximum absolute atomic E-state index is 15.0. The topological polar surface area (TPSA) is 37.4 Å². The lowest BCUT2D eigenvalue weighted by atomic mass is 9.42. The van der Waals surface area contributed by atoms with Crippen LogP contribution in [0.25, 0.3) is 53.6 Å². The zero-order valence-electron chi connectivity index (χ0n) is 34.8. The lowest BCUT2D eigenvalue weighted by molar-refractivity contribution is -0.0446. The Balaban J connectivity index is 0.928. The Morgan fingerprint density at radius 3 is 1.57 bits per heavy atom. The third-order valence-electron chi connectivity index (χ3n) is 15.3. The maximum Gasteiger partial charge on any atom is 0.207 e. The summed E-state index contributed by atoms with van der Waals surface area (Å²) in [4.78, 5) is 3.23. The molecule has 63 heavy (non-hydrogen) atoms. The number of nitrogens with zero attached hydrogens (tertiary/aromatic N) is 1. The number of fused-ring (bicyclic) bond motifs is 5. The number of benzene rings is 8. The van der Waals surface area contributed by atoms with E-state index in [4.69, 9.17) is 0 Å².